The van der Waals surface area contributed by atoms with Crippen molar-refractivity contribution in [3.05, 3.63) is 223 Å². The van der Waals surface area contributed by atoms with Gasteiger partial charge in [-0.15, -0.1) is 0 Å². The molecule has 0 radical (unpaired) electrons. The van der Waals surface area contributed by atoms with Crippen molar-refractivity contribution in [3.8, 4) is 22.5 Å². The van der Waals surface area contributed by atoms with Crippen LogP contribution in [0.5, 0.6) is 0 Å². The Morgan fingerprint density at radius 1 is 0.397 bits per heavy atom. The van der Waals surface area contributed by atoms with E-state index in [9.17, 15) is 0 Å². The number of hydrogen-bond donors (Lipinski definition) is 0. The molecule has 0 saturated heterocycles. The van der Waals surface area contributed by atoms with Crippen LogP contribution in [-0.2, 0) is 6.42 Å². The number of nitrogens with zero attached hydrogens (tertiary/aromatic N) is 3. The van der Waals surface area contributed by atoms with Gasteiger partial charge in [-0.1, -0.05) is 127 Å². The maximum Gasteiger partial charge on any atom is 0.0547 e. The van der Waals surface area contributed by atoms with Crippen LogP contribution in [0.1, 0.15) is 28.8 Å². The zero-order valence-corrected chi connectivity index (χ0v) is 32.4. The zero-order valence-electron chi connectivity index (χ0n) is 32.4. The summed E-state index contributed by atoms with van der Waals surface area (Å²) in [6.45, 7) is 2.15. The predicted molar refractivity (Wildman–Crippen MR) is 245 cm³/mol. The van der Waals surface area contributed by atoms with Gasteiger partial charge < -0.3 is 14.0 Å². The Morgan fingerprint density at radius 3 is 1.57 bits per heavy atom. The summed E-state index contributed by atoms with van der Waals surface area (Å²) in [4.78, 5) is 2.36. The van der Waals surface area contributed by atoms with Crippen LogP contribution in [0.15, 0.2) is 200 Å². The van der Waals surface area contributed by atoms with Gasteiger partial charge in [0.05, 0.1) is 22.2 Å². The van der Waals surface area contributed by atoms with E-state index in [-0.39, 0.29) is 0 Å². The molecule has 0 amide bonds. The first-order chi connectivity index (χ1) is 28.7. The average molecular weight is 744 g/mol. The van der Waals surface area contributed by atoms with Crippen LogP contribution in [-0.4, -0.2) is 9.13 Å². The molecular formula is C55H41N3. The lowest BCUT2D eigenvalue weighted by atomic mass is 9.91. The van der Waals surface area contributed by atoms with Crippen molar-refractivity contribution < 1.29 is 0 Å². The number of para-hydroxylation sites is 2. The zero-order chi connectivity index (χ0) is 38.6. The average Bonchev–Trinajstić information content (AvgIpc) is 3.80. The van der Waals surface area contributed by atoms with E-state index in [1.54, 1.807) is 0 Å². The lowest BCUT2D eigenvalue weighted by Crippen LogP contribution is -2.10. The Balaban J connectivity index is 1.01. The Morgan fingerprint density at radius 2 is 0.914 bits per heavy atom. The molecular weight excluding hydrogens is 703 g/mol. The first-order valence-corrected chi connectivity index (χ1v) is 20.2. The highest BCUT2D eigenvalue weighted by atomic mass is 15.1. The third-order valence-electron chi connectivity index (χ3n) is 11.9. The molecule has 0 bridgehead atoms. The van der Waals surface area contributed by atoms with Gasteiger partial charge in [0, 0.05) is 44.6 Å². The number of hydrogen-bond acceptors (Lipinski definition) is 1. The van der Waals surface area contributed by atoms with Crippen LogP contribution in [0.2, 0.25) is 0 Å². The van der Waals surface area contributed by atoms with Gasteiger partial charge in [0.15, 0.2) is 0 Å². The van der Waals surface area contributed by atoms with Gasteiger partial charge >= 0.3 is 0 Å². The summed E-state index contributed by atoms with van der Waals surface area (Å²) in [5.74, 6) is 0. The summed E-state index contributed by atoms with van der Waals surface area (Å²) in [5, 5.41) is 3.85. The maximum absolute atomic E-state index is 2.45. The fourth-order valence-electron chi connectivity index (χ4n) is 9.10. The summed E-state index contributed by atoms with van der Waals surface area (Å²) < 4.78 is 4.86. The van der Waals surface area contributed by atoms with E-state index in [2.05, 4.69) is 227 Å². The third kappa shape index (κ3) is 5.74. The molecule has 3 heteroatoms. The summed E-state index contributed by atoms with van der Waals surface area (Å²) in [6.07, 6.45) is 4.49. The summed E-state index contributed by atoms with van der Waals surface area (Å²) >= 11 is 0. The maximum atomic E-state index is 2.45. The minimum Gasteiger partial charge on any atom is -0.311 e. The lowest BCUT2D eigenvalue weighted by Gasteiger charge is -2.26. The Labute approximate surface area is 339 Å². The van der Waals surface area contributed by atoms with E-state index in [1.807, 2.05) is 0 Å². The van der Waals surface area contributed by atoms with E-state index < -0.39 is 0 Å². The van der Waals surface area contributed by atoms with E-state index in [1.165, 1.54) is 71.8 Å². The summed E-state index contributed by atoms with van der Waals surface area (Å²) in [6, 6.07) is 72.9. The van der Waals surface area contributed by atoms with Crippen molar-refractivity contribution in [2.75, 3.05) is 4.90 Å². The van der Waals surface area contributed by atoms with Crippen molar-refractivity contribution in [1.82, 2.24) is 9.13 Å². The third-order valence-corrected chi connectivity index (χ3v) is 11.9. The number of benzene rings is 8. The van der Waals surface area contributed by atoms with Crippen molar-refractivity contribution in [2.24, 2.45) is 0 Å². The first-order valence-electron chi connectivity index (χ1n) is 20.2. The minimum absolute atomic E-state index is 1.03. The van der Waals surface area contributed by atoms with Crippen molar-refractivity contribution >= 4 is 61.4 Å². The van der Waals surface area contributed by atoms with Crippen molar-refractivity contribution in [1.29, 1.82) is 0 Å². The van der Waals surface area contributed by atoms with Crippen LogP contribution >= 0.6 is 0 Å². The smallest absolute Gasteiger partial charge is 0.0547 e. The second-order valence-electron chi connectivity index (χ2n) is 15.4. The van der Waals surface area contributed by atoms with Gasteiger partial charge in [-0.05, 0) is 133 Å². The monoisotopic (exact) mass is 743 g/mol. The second-order valence-corrected chi connectivity index (χ2v) is 15.4. The van der Waals surface area contributed by atoms with E-state index >= 15 is 0 Å². The molecule has 0 spiro atoms. The number of aromatic nitrogens is 2. The molecule has 0 unspecified atom stereocenters. The van der Waals surface area contributed by atoms with E-state index in [4.69, 9.17) is 0 Å². The number of rotatable bonds is 7. The van der Waals surface area contributed by atoms with Crippen LogP contribution in [0, 0.1) is 6.92 Å². The van der Waals surface area contributed by atoms with Crippen molar-refractivity contribution in [2.45, 2.75) is 19.8 Å². The molecule has 58 heavy (non-hydrogen) atoms. The van der Waals surface area contributed by atoms with Crippen LogP contribution < -0.4 is 4.90 Å². The number of fused-ring (bicyclic) bond motifs is 6. The minimum atomic E-state index is 1.03. The van der Waals surface area contributed by atoms with Gasteiger partial charge in [0.2, 0.25) is 0 Å². The molecule has 0 fully saturated rings. The standard InChI is InChI=1S/C55H41N3/c1-38-20-24-43(25-21-38)56(44-26-30-46(31-27-44)57-52-18-10-8-16-48(52)50-34-22-41(36-54(50)57)39-12-4-2-5-13-39)45-28-32-47(33-29-45)58-53-19-11-9-17-49(53)51-35-23-42(37-55(51)58)40-14-6-3-7-15-40/h2-22,24-34,36-37H,23,35H2,1H3. The van der Waals surface area contributed by atoms with Crippen molar-refractivity contribution in [3.63, 3.8) is 0 Å². The predicted octanol–water partition coefficient (Wildman–Crippen LogP) is 14.7. The van der Waals surface area contributed by atoms with Crippen LogP contribution in [0.3, 0.4) is 0 Å². The van der Waals surface area contributed by atoms with Gasteiger partial charge in [0.25, 0.3) is 0 Å². The summed E-state index contributed by atoms with van der Waals surface area (Å²) in [5.41, 5.74) is 18.3. The van der Waals surface area contributed by atoms with Crippen LogP contribution in [0.25, 0.3) is 66.9 Å². The molecule has 0 N–H and O–H groups in total. The normalized spacial score (nSPS) is 12.5. The van der Waals surface area contributed by atoms with E-state index in [0.29, 0.717) is 0 Å². The molecule has 2 aromatic heterocycles. The quantitative estimate of drug-likeness (QED) is 0.158. The highest BCUT2D eigenvalue weighted by Gasteiger charge is 2.22. The highest BCUT2D eigenvalue weighted by Crippen LogP contribution is 2.41. The van der Waals surface area contributed by atoms with E-state index in [0.717, 1.165) is 41.3 Å². The molecule has 1 aliphatic carbocycles. The summed E-state index contributed by atoms with van der Waals surface area (Å²) in [7, 11) is 0. The Bertz CT molecular complexity index is 3130. The molecule has 11 rings (SSSR count). The second kappa shape index (κ2) is 14.0. The fraction of sp³-hybridized carbons (Fsp3) is 0.0545. The number of allylic oxidation sites excluding steroid dienone is 1. The van der Waals surface area contributed by atoms with Gasteiger partial charge in [-0.2, -0.15) is 0 Å². The molecule has 10 aromatic rings. The molecule has 0 aliphatic heterocycles. The molecule has 3 nitrogen and oxygen atoms in total. The molecule has 0 saturated carbocycles. The number of anilines is 3. The SMILES string of the molecule is Cc1ccc(N(c2ccc(-n3c4c(c5ccccc53)CCC(c3ccccc3)=C4)cc2)c2ccc(-n3c4ccccc4c4ccc(-c5ccccc5)cc43)cc2)cc1. The highest BCUT2D eigenvalue weighted by molar-refractivity contribution is 6.10. The molecule has 276 valence electrons. The molecule has 8 aromatic carbocycles. The molecule has 2 heterocycles. The molecule has 1 aliphatic rings. The van der Waals surface area contributed by atoms with Crippen LogP contribution in [0.4, 0.5) is 17.1 Å². The van der Waals surface area contributed by atoms with Gasteiger partial charge in [-0.3, -0.25) is 0 Å². The fourth-order valence-corrected chi connectivity index (χ4v) is 9.10. The Hall–Kier alpha value is -7.36. The van der Waals surface area contributed by atoms with Gasteiger partial charge in [-0.25, -0.2) is 0 Å². The largest absolute Gasteiger partial charge is 0.311 e. The van der Waals surface area contributed by atoms with Gasteiger partial charge in [0.1, 0.15) is 0 Å². The topological polar surface area (TPSA) is 13.1 Å². The number of aryl methyl sites for hydroxylation is 2. The molecule has 0 atom stereocenters. The first kappa shape index (κ1) is 33.9. The lowest BCUT2D eigenvalue weighted by molar-refractivity contribution is 0.980. The Kier molecular flexibility index (Phi) is 8.18.